The third-order valence-electron chi connectivity index (χ3n) is 2.87. The molecular weight excluding hydrogens is 260 g/mol. The highest BCUT2D eigenvalue weighted by Crippen LogP contribution is 2.12. The Kier molecular flexibility index (Phi) is 5.60. The van der Waals surface area contributed by atoms with Gasteiger partial charge >= 0.3 is 0 Å². The fourth-order valence-corrected chi connectivity index (χ4v) is 2.66. The summed E-state index contributed by atoms with van der Waals surface area (Å²) in [6, 6.07) is 8.37. The molecule has 2 rings (SSSR count). The van der Waals surface area contributed by atoms with Crippen molar-refractivity contribution in [1.29, 1.82) is 0 Å². The normalized spacial score (nSPS) is 12.7. The molecule has 0 aliphatic heterocycles. The van der Waals surface area contributed by atoms with E-state index >= 15 is 0 Å². The molecule has 104 valence electrons. The summed E-state index contributed by atoms with van der Waals surface area (Å²) >= 11 is 1.77. The Morgan fingerprint density at radius 3 is 3.05 bits per heavy atom. The summed E-state index contributed by atoms with van der Waals surface area (Å²) in [5.74, 6) is 0. The van der Waals surface area contributed by atoms with Crippen LogP contribution in [0.5, 0.6) is 0 Å². The van der Waals surface area contributed by atoms with E-state index in [9.17, 15) is 5.11 Å². The lowest BCUT2D eigenvalue weighted by Crippen LogP contribution is -2.30. The molecule has 4 nitrogen and oxygen atoms in total. The molecule has 0 radical (unpaired) electrons. The summed E-state index contributed by atoms with van der Waals surface area (Å²) in [5, 5.41) is 14.9. The van der Waals surface area contributed by atoms with E-state index in [0.29, 0.717) is 13.2 Å². The number of hydrogen-bond donors (Lipinski definition) is 2. The summed E-state index contributed by atoms with van der Waals surface area (Å²) in [5.41, 5.74) is 1.22. The molecule has 19 heavy (non-hydrogen) atoms. The Bertz CT molecular complexity index is 468. The van der Waals surface area contributed by atoms with Gasteiger partial charge < -0.3 is 19.7 Å². The Balaban J connectivity index is 1.82. The molecule has 0 aromatic carbocycles. The first kappa shape index (κ1) is 14.3. The summed E-state index contributed by atoms with van der Waals surface area (Å²) in [4.78, 5) is 1.34. The molecule has 0 aliphatic rings. The van der Waals surface area contributed by atoms with Gasteiger partial charge in [0.1, 0.15) is 0 Å². The SMILES string of the molecule is COCC(O)CNCc1cccn1Cc1cccs1. The molecule has 0 aliphatic carbocycles. The van der Waals surface area contributed by atoms with Gasteiger partial charge in [-0.3, -0.25) is 0 Å². The van der Waals surface area contributed by atoms with Crippen molar-refractivity contribution in [2.75, 3.05) is 20.3 Å². The Labute approximate surface area is 117 Å². The number of aromatic nitrogens is 1. The average molecular weight is 280 g/mol. The molecule has 2 N–H and O–H groups in total. The van der Waals surface area contributed by atoms with Gasteiger partial charge in [0.15, 0.2) is 0 Å². The molecule has 0 spiro atoms. The number of thiophene rings is 1. The molecule has 0 fully saturated rings. The lowest BCUT2D eigenvalue weighted by atomic mass is 10.3. The molecule has 0 saturated heterocycles. The van der Waals surface area contributed by atoms with Crippen LogP contribution in [0.4, 0.5) is 0 Å². The van der Waals surface area contributed by atoms with Crippen LogP contribution in [0, 0.1) is 0 Å². The van der Waals surface area contributed by atoms with E-state index in [1.165, 1.54) is 10.6 Å². The first-order valence-electron chi connectivity index (χ1n) is 6.33. The lowest BCUT2D eigenvalue weighted by molar-refractivity contribution is 0.0643. The number of methoxy groups -OCH3 is 1. The summed E-state index contributed by atoms with van der Waals surface area (Å²) in [7, 11) is 1.59. The third-order valence-corrected chi connectivity index (χ3v) is 3.74. The molecule has 0 saturated carbocycles. The monoisotopic (exact) mass is 280 g/mol. The summed E-state index contributed by atoms with van der Waals surface area (Å²) in [6.07, 6.45) is 1.63. The van der Waals surface area contributed by atoms with E-state index in [-0.39, 0.29) is 0 Å². The molecule has 0 amide bonds. The van der Waals surface area contributed by atoms with Gasteiger partial charge in [0.25, 0.3) is 0 Å². The predicted octanol–water partition coefficient (Wildman–Crippen LogP) is 1.69. The van der Waals surface area contributed by atoms with Crippen LogP contribution in [0.15, 0.2) is 35.8 Å². The van der Waals surface area contributed by atoms with Crippen molar-refractivity contribution in [2.24, 2.45) is 0 Å². The number of nitrogens with zero attached hydrogens (tertiary/aromatic N) is 1. The minimum absolute atomic E-state index is 0.364. The maximum absolute atomic E-state index is 9.56. The Hall–Kier alpha value is -1.14. The molecule has 1 unspecified atom stereocenters. The van der Waals surface area contributed by atoms with Crippen LogP contribution >= 0.6 is 11.3 Å². The van der Waals surface area contributed by atoms with Crippen LogP contribution in [0.25, 0.3) is 0 Å². The molecule has 5 heteroatoms. The Morgan fingerprint density at radius 1 is 1.42 bits per heavy atom. The van der Waals surface area contributed by atoms with Crippen LogP contribution in [-0.2, 0) is 17.8 Å². The smallest absolute Gasteiger partial charge is 0.0897 e. The predicted molar refractivity (Wildman–Crippen MR) is 77.4 cm³/mol. The van der Waals surface area contributed by atoms with Gasteiger partial charge in [0.2, 0.25) is 0 Å². The standard InChI is InChI=1S/C14H20N2O2S/c1-18-11-13(17)9-15-8-12-4-2-6-16(12)10-14-5-3-7-19-14/h2-7,13,15,17H,8-11H2,1H3. The maximum atomic E-state index is 9.56. The first-order valence-corrected chi connectivity index (χ1v) is 7.21. The van der Waals surface area contributed by atoms with Crippen molar-refractivity contribution in [3.05, 3.63) is 46.4 Å². The van der Waals surface area contributed by atoms with E-state index in [1.807, 2.05) is 0 Å². The highest BCUT2D eigenvalue weighted by atomic mass is 32.1. The second-order valence-electron chi connectivity index (χ2n) is 4.45. The largest absolute Gasteiger partial charge is 0.389 e. The van der Waals surface area contributed by atoms with Gasteiger partial charge in [-0.2, -0.15) is 0 Å². The second kappa shape index (κ2) is 7.45. The van der Waals surface area contributed by atoms with Gasteiger partial charge in [-0.05, 0) is 23.6 Å². The molecular formula is C14H20N2O2S. The minimum Gasteiger partial charge on any atom is -0.389 e. The highest BCUT2D eigenvalue weighted by Gasteiger charge is 2.05. The topological polar surface area (TPSA) is 46.4 Å². The molecule has 2 aromatic rings. The first-order chi connectivity index (χ1) is 9.29. The lowest BCUT2D eigenvalue weighted by Gasteiger charge is -2.12. The van der Waals surface area contributed by atoms with E-state index < -0.39 is 6.10 Å². The van der Waals surface area contributed by atoms with Crippen molar-refractivity contribution in [3.63, 3.8) is 0 Å². The van der Waals surface area contributed by atoms with E-state index in [1.54, 1.807) is 18.4 Å². The van der Waals surface area contributed by atoms with Crippen molar-refractivity contribution in [2.45, 2.75) is 19.2 Å². The van der Waals surface area contributed by atoms with E-state index in [2.05, 4.69) is 45.7 Å². The summed E-state index contributed by atoms with van der Waals surface area (Å²) in [6.45, 7) is 2.56. The zero-order valence-electron chi connectivity index (χ0n) is 11.1. The van der Waals surface area contributed by atoms with Crippen LogP contribution in [0.1, 0.15) is 10.6 Å². The van der Waals surface area contributed by atoms with Gasteiger partial charge in [-0.15, -0.1) is 11.3 Å². The van der Waals surface area contributed by atoms with Crippen molar-refractivity contribution in [3.8, 4) is 0 Å². The highest BCUT2D eigenvalue weighted by molar-refractivity contribution is 7.09. The number of nitrogens with one attached hydrogen (secondary N) is 1. The molecule has 2 heterocycles. The second-order valence-corrected chi connectivity index (χ2v) is 5.48. The third kappa shape index (κ3) is 4.47. The average Bonchev–Trinajstić information content (AvgIpc) is 3.03. The maximum Gasteiger partial charge on any atom is 0.0897 e. The minimum atomic E-state index is -0.453. The summed E-state index contributed by atoms with van der Waals surface area (Å²) < 4.78 is 7.12. The molecule has 2 aromatic heterocycles. The molecule has 1 atom stereocenters. The van der Waals surface area contributed by atoms with Crippen LogP contribution in [0.2, 0.25) is 0 Å². The fourth-order valence-electron chi connectivity index (χ4n) is 1.95. The van der Waals surface area contributed by atoms with Crippen LogP contribution < -0.4 is 5.32 Å². The number of ether oxygens (including phenoxy) is 1. The van der Waals surface area contributed by atoms with E-state index in [4.69, 9.17) is 4.74 Å². The van der Waals surface area contributed by atoms with Crippen LogP contribution in [0.3, 0.4) is 0 Å². The number of hydrogen-bond acceptors (Lipinski definition) is 4. The quantitative estimate of drug-likeness (QED) is 0.773. The molecule has 0 bridgehead atoms. The van der Waals surface area contributed by atoms with Crippen molar-refractivity contribution >= 4 is 11.3 Å². The van der Waals surface area contributed by atoms with Gasteiger partial charge in [0, 0.05) is 37.0 Å². The van der Waals surface area contributed by atoms with Gasteiger partial charge in [0.05, 0.1) is 19.3 Å². The zero-order chi connectivity index (χ0) is 13.5. The Morgan fingerprint density at radius 2 is 2.32 bits per heavy atom. The van der Waals surface area contributed by atoms with Gasteiger partial charge in [-0.1, -0.05) is 6.07 Å². The van der Waals surface area contributed by atoms with Crippen molar-refractivity contribution in [1.82, 2.24) is 9.88 Å². The van der Waals surface area contributed by atoms with Gasteiger partial charge in [-0.25, -0.2) is 0 Å². The number of aliphatic hydroxyl groups excluding tert-OH is 1. The number of rotatable bonds is 8. The fraction of sp³-hybridized carbons (Fsp3) is 0.429. The number of aliphatic hydroxyl groups is 1. The van der Waals surface area contributed by atoms with Crippen LogP contribution in [-0.4, -0.2) is 36.0 Å². The zero-order valence-corrected chi connectivity index (χ0v) is 11.9. The van der Waals surface area contributed by atoms with E-state index in [0.717, 1.165) is 13.1 Å². The van der Waals surface area contributed by atoms with Crippen molar-refractivity contribution < 1.29 is 9.84 Å².